The normalized spacial score (nSPS) is 24.2. The van der Waals surface area contributed by atoms with Crippen LogP contribution in [-0.2, 0) is 9.84 Å². The lowest BCUT2D eigenvalue weighted by molar-refractivity contribution is 0.274. The molecular weight excluding hydrogens is 343 g/mol. The van der Waals surface area contributed by atoms with Crippen LogP contribution in [0, 0.1) is 5.92 Å². The van der Waals surface area contributed by atoms with Crippen molar-refractivity contribution in [3.63, 3.8) is 0 Å². The number of aliphatic hydroxyl groups excluding tert-OH is 1. The molecule has 3 atom stereocenters. The molecule has 6 heteroatoms. The van der Waals surface area contributed by atoms with Crippen LogP contribution < -0.4 is 0 Å². The number of benzene rings is 2. The molecule has 1 saturated carbocycles. The van der Waals surface area contributed by atoms with E-state index < -0.39 is 15.1 Å². The summed E-state index contributed by atoms with van der Waals surface area (Å²) >= 11 is 11.7. The highest BCUT2D eigenvalue weighted by molar-refractivity contribution is 7.92. The zero-order valence-corrected chi connectivity index (χ0v) is 13.8. The van der Waals surface area contributed by atoms with Gasteiger partial charge in [-0.1, -0.05) is 35.3 Å². The van der Waals surface area contributed by atoms with E-state index in [1.807, 2.05) is 12.1 Å². The molecule has 0 bridgehead atoms. The molecule has 0 saturated heterocycles. The first kappa shape index (κ1) is 15.8. The molecule has 2 aromatic carbocycles. The van der Waals surface area contributed by atoms with Crippen molar-refractivity contribution in [3.8, 4) is 0 Å². The number of sulfone groups is 1. The molecule has 0 amide bonds. The molecule has 116 valence electrons. The molecule has 0 heterocycles. The van der Waals surface area contributed by atoms with E-state index in [0.717, 1.165) is 5.56 Å². The fourth-order valence-corrected chi connectivity index (χ4v) is 5.34. The molecule has 0 unspecified atom stereocenters. The van der Waals surface area contributed by atoms with Gasteiger partial charge < -0.3 is 5.11 Å². The van der Waals surface area contributed by atoms with Gasteiger partial charge in [0.25, 0.3) is 0 Å². The van der Waals surface area contributed by atoms with E-state index in [4.69, 9.17) is 23.2 Å². The molecule has 0 radical (unpaired) electrons. The molecule has 1 aliphatic rings. The maximum atomic E-state index is 12.7. The van der Waals surface area contributed by atoms with Crippen molar-refractivity contribution in [2.45, 2.75) is 16.1 Å². The summed E-state index contributed by atoms with van der Waals surface area (Å²) in [5.41, 5.74) is 0.881. The summed E-state index contributed by atoms with van der Waals surface area (Å²) in [5.74, 6) is -0.496. The monoisotopic (exact) mass is 356 g/mol. The Kier molecular flexibility index (Phi) is 4.21. The molecule has 1 N–H and O–H groups in total. The second-order valence-electron chi connectivity index (χ2n) is 5.39. The minimum atomic E-state index is -3.50. The molecule has 3 rings (SSSR count). The van der Waals surface area contributed by atoms with Crippen molar-refractivity contribution >= 4 is 33.0 Å². The molecule has 0 aliphatic heterocycles. The van der Waals surface area contributed by atoms with E-state index in [1.54, 1.807) is 24.3 Å². The highest BCUT2D eigenvalue weighted by atomic mass is 35.5. The van der Waals surface area contributed by atoms with Crippen molar-refractivity contribution < 1.29 is 13.5 Å². The van der Waals surface area contributed by atoms with Gasteiger partial charge in [-0.25, -0.2) is 8.42 Å². The average molecular weight is 357 g/mol. The third kappa shape index (κ3) is 2.76. The van der Waals surface area contributed by atoms with Crippen LogP contribution in [0.3, 0.4) is 0 Å². The van der Waals surface area contributed by atoms with Crippen LogP contribution in [0.5, 0.6) is 0 Å². The van der Waals surface area contributed by atoms with E-state index in [9.17, 15) is 13.5 Å². The fraction of sp³-hybridized carbons (Fsp3) is 0.250. The highest BCUT2D eigenvalue weighted by Crippen LogP contribution is 2.53. The molecule has 2 aromatic rings. The van der Waals surface area contributed by atoms with Crippen molar-refractivity contribution in [1.29, 1.82) is 0 Å². The molecule has 3 nitrogen and oxygen atoms in total. The van der Waals surface area contributed by atoms with Crippen LogP contribution in [0.2, 0.25) is 10.0 Å². The van der Waals surface area contributed by atoms with Gasteiger partial charge >= 0.3 is 0 Å². The van der Waals surface area contributed by atoms with Gasteiger partial charge in [0.2, 0.25) is 0 Å². The first-order valence-electron chi connectivity index (χ1n) is 6.81. The smallest absolute Gasteiger partial charge is 0.182 e. The third-order valence-electron chi connectivity index (χ3n) is 4.06. The maximum absolute atomic E-state index is 12.7. The average Bonchev–Trinajstić information content (AvgIpc) is 3.24. The van der Waals surface area contributed by atoms with Crippen LogP contribution in [-0.4, -0.2) is 25.4 Å². The minimum Gasteiger partial charge on any atom is -0.396 e. The number of hydrogen-bond acceptors (Lipinski definition) is 3. The summed E-state index contributed by atoms with van der Waals surface area (Å²) in [4.78, 5) is 0.233. The number of aliphatic hydroxyl groups is 1. The van der Waals surface area contributed by atoms with E-state index in [1.165, 1.54) is 12.1 Å². The predicted molar refractivity (Wildman–Crippen MR) is 87.2 cm³/mol. The maximum Gasteiger partial charge on any atom is 0.182 e. The Bertz CT molecular complexity index is 770. The quantitative estimate of drug-likeness (QED) is 0.911. The van der Waals surface area contributed by atoms with Gasteiger partial charge in [-0.3, -0.25) is 0 Å². The van der Waals surface area contributed by atoms with Gasteiger partial charge in [0.05, 0.1) is 10.1 Å². The van der Waals surface area contributed by atoms with Crippen molar-refractivity contribution in [2.75, 3.05) is 6.61 Å². The Hall–Kier alpha value is -1.07. The standard InChI is InChI=1S/C16H14Cl2O3S/c17-11-3-1-10(2-4-11)15-14(9-19)16(15)22(20,21)13-7-5-12(18)6-8-13/h1-8,14-16,19H,9H2/t14-,15-,16-/m0/s1. The summed E-state index contributed by atoms with van der Waals surface area (Å²) in [6.07, 6.45) is 0. The Morgan fingerprint density at radius 3 is 1.91 bits per heavy atom. The van der Waals surface area contributed by atoms with Crippen LogP contribution in [0.4, 0.5) is 0 Å². The van der Waals surface area contributed by atoms with Gasteiger partial charge in [0, 0.05) is 28.5 Å². The summed E-state index contributed by atoms with van der Waals surface area (Å²) in [7, 11) is -3.50. The molecule has 1 aliphatic carbocycles. The van der Waals surface area contributed by atoms with Gasteiger partial charge in [-0.05, 0) is 42.0 Å². The molecule has 0 spiro atoms. The number of rotatable bonds is 4. The number of halogens is 2. The van der Waals surface area contributed by atoms with Gasteiger partial charge in [-0.2, -0.15) is 0 Å². The van der Waals surface area contributed by atoms with E-state index >= 15 is 0 Å². The predicted octanol–water partition coefficient (Wildman–Crippen LogP) is 3.54. The second-order valence-corrected chi connectivity index (χ2v) is 8.37. The number of hydrogen-bond donors (Lipinski definition) is 1. The zero-order chi connectivity index (χ0) is 15.9. The van der Waals surface area contributed by atoms with Gasteiger partial charge in [0.15, 0.2) is 9.84 Å². The lowest BCUT2D eigenvalue weighted by Crippen LogP contribution is -2.11. The van der Waals surface area contributed by atoms with Crippen LogP contribution in [0.15, 0.2) is 53.4 Å². The van der Waals surface area contributed by atoms with Gasteiger partial charge in [0.1, 0.15) is 0 Å². The van der Waals surface area contributed by atoms with Crippen LogP contribution in [0.25, 0.3) is 0 Å². The first-order chi connectivity index (χ1) is 10.4. The Morgan fingerprint density at radius 1 is 0.909 bits per heavy atom. The summed E-state index contributed by atoms with van der Waals surface area (Å²) in [5, 5.41) is 9.98. The van der Waals surface area contributed by atoms with E-state index in [0.29, 0.717) is 10.0 Å². The molecule has 0 aromatic heterocycles. The van der Waals surface area contributed by atoms with Crippen molar-refractivity contribution in [2.24, 2.45) is 5.92 Å². The van der Waals surface area contributed by atoms with Crippen LogP contribution >= 0.6 is 23.2 Å². The summed E-state index contributed by atoms with van der Waals surface area (Å²) < 4.78 is 25.5. The largest absolute Gasteiger partial charge is 0.396 e. The SMILES string of the molecule is O=S(=O)(c1ccc(Cl)cc1)[C@H]1[C@@H](CO)[C@@H]1c1ccc(Cl)cc1. The minimum absolute atomic E-state index is 0.162. The topological polar surface area (TPSA) is 54.4 Å². The lowest BCUT2D eigenvalue weighted by Gasteiger charge is -2.04. The van der Waals surface area contributed by atoms with Gasteiger partial charge in [-0.15, -0.1) is 0 Å². The zero-order valence-electron chi connectivity index (χ0n) is 11.5. The third-order valence-corrected chi connectivity index (χ3v) is 6.86. The van der Waals surface area contributed by atoms with E-state index in [2.05, 4.69) is 0 Å². The lowest BCUT2D eigenvalue weighted by atomic mass is 10.1. The van der Waals surface area contributed by atoms with Crippen LogP contribution in [0.1, 0.15) is 11.5 Å². The second kappa shape index (κ2) is 5.85. The van der Waals surface area contributed by atoms with Crippen molar-refractivity contribution in [1.82, 2.24) is 0 Å². The Balaban J connectivity index is 1.93. The molecule has 22 heavy (non-hydrogen) atoms. The summed E-state index contributed by atoms with van der Waals surface area (Å²) in [6, 6.07) is 13.2. The fourth-order valence-electron chi connectivity index (χ4n) is 2.89. The summed E-state index contributed by atoms with van der Waals surface area (Å²) in [6.45, 7) is -0.162. The first-order valence-corrected chi connectivity index (χ1v) is 9.11. The molecular formula is C16H14Cl2O3S. The molecule has 1 fully saturated rings. The highest BCUT2D eigenvalue weighted by Gasteiger charge is 2.58. The Morgan fingerprint density at radius 2 is 1.41 bits per heavy atom. The Labute approximate surface area is 139 Å². The van der Waals surface area contributed by atoms with Crippen molar-refractivity contribution in [3.05, 3.63) is 64.1 Å². The van der Waals surface area contributed by atoms with E-state index in [-0.39, 0.29) is 23.3 Å².